The molecule has 2 aromatic carbocycles. The summed E-state index contributed by atoms with van der Waals surface area (Å²) < 4.78 is 30.2. The van der Waals surface area contributed by atoms with Crippen molar-refractivity contribution in [3.05, 3.63) is 76.1 Å². The van der Waals surface area contributed by atoms with Crippen LogP contribution in [0.3, 0.4) is 0 Å². The molecule has 0 radical (unpaired) electrons. The fraction of sp³-hybridized carbons (Fsp3) is 0.286. The summed E-state index contributed by atoms with van der Waals surface area (Å²) >= 11 is 0. The van der Waals surface area contributed by atoms with Gasteiger partial charge in [0.05, 0.1) is 28.5 Å². The number of benzene rings is 2. The van der Waals surface area contributed by atoms with Crippen LogP contribution in [0.5, 0.6) is 0 Å². The molecule has 27 heavy (non-hydrogen) atoms. The van der Waals surface area contributed by atoms with E-state index in [0.29, 0.717) is 17.9 Å². The van der Waals surface area contributed by atoms with Gasteiger partial charge in [-0.3, -0.25) is 9.40 Å². The number of anilines is 1. The van der Waals surface area contributed by atoms with Gasteiger partial charge in [-0.25, -0.2) is 8.42 Å². The predicted molar refractivity (Wildman–Crippen MR) is 109 cm³/mol. The molecule has 0 spiro atoms. The first kappa shape index (κ1) is 19.2. The molecule has 0 atom stereocenters. The standard InChI is InChI=1S/C21H25N3O2S/c1-14-6-9-19(10-7-14)13-24-18(5)21(17(4)22-24)23-27(25,26)20-11-8-15(2)16(3)12-20/h6-12,23H,13H2,1-5H3. The molecule has 3 aromatic rings. The normalized spacial score (nSPS) is 11.6. The van der Waals surface area contributed by atoms with Gasteiger partial charge in [0, 0.05) is 0 Å². The lowest BCUT2D eigenvalue weighted by molar-refractivity contribution is 0.601. The highest BCUT2D eigenvalue weighted by atomic mass is 32.2. The van der Waals surface area contributed by atoms with E-state index in [9.17, 15) is 8.42 Å². The number of nitrogens with one attached hydrogen (secondary N) is 1. The molecule has 6 heteroatoms. The monoisotopic (exact) mass is 383 g/mol. The Morgan fingerprint density at radius 1 is 0.926 bits per heavy atom. The summed E-state index contributed by atoms with van der Waals surface area (Å²) in [5.74, 6) is 0. The molecule has 0 bridgehead atoms. The van der Waals surface area contributed by atoms with Crippen LogP contribution in [0.1, 0.15) is 33.6 Å². The van der Waals surface area contributed by atoms with Crippen molar-refractivity contribution in [3.63, 3.8) is 0 Å². The third-order valence-electron chi connectivity index (χ3n) is 4.86. The molecule has 0 aliphatic heterocycles. The van der Waals surface area contributed by atoms with Crippen LogP contribution in [-0.4, -0.2) is 18.2 Å². The van der Waals surface area contributed by atoms with Gasteiger partial charge in [-0.15, -0.1) is 0 Å². The van der Waals surface area contributed by atoms with Crippen LogP contribution < -0.4 is 4.72 Å². The van der Waals surface area contributed by atoms with Gasteiger partial charge in [-0.05, 0) is 63.4 Å². The summed E-state index contributed by atoms with van der Waals surface area (Å²) in [6.45, 7) is 10.2. The summed E-state index contributed by atoms with van der Waals surface area (Å²) in [4.78, 5) is 0.260. The first-order valence-electron chi connectivity index (χ1n) is 8.87. The number of sulfonamides is 1. The second-order valence-corrected chi connectivity index (χ2v) is 8.72. The maximum Gasteiger partial charge on any atom is 0.262 e. The van der Waals surface area contributed by atoms with Gasteiger partial charge in [-0.2, -0.15) is 5.10 Å². The van der Waals surface area contributed by atoms with Crippen LogP contribution in [0.4, 0.5) is 5.69 Å². The first-order chi connectivity index (χ1) is 12.7. The van der Waals surface area contributed by atoms with Gasteiger partial charge >= 0.3 is 0 Å². The van der Waals surface area contributed by atoms with Gasteiger partial charge in [-0.1, -0.05) is 35.9 Å². The second kappa shape index (κ2) is 7.19. The van der Waals surface area contributed by atoms with Crippen molar-refractivity contribution in [2.45, 2.75) is 46.1 Å². The van der Waals surface area contributed by atoms with Gasteiger partial charge in [0.25, 0.3) is 10.0 Å². The number of hydrogen-bond donors (Lipinski definition) is 1. The van der Waals surface area contributed by atoms with Crippen molar-refractivity contribution < 1.29 is 8.42 Å². The molecular formula is C21H25N3O2S. The molecule has 0 saturated heterocycles. The lowest BCUT2D eigenvalue weighted by Crippen LogP contribution is -2.14. The topological polar surface area (TPSA) is 64.0 Å². The second-order valence-electron chi connectivity index (χ2n) is 7.04. The van der Waals surface area contributed by atoms with E-state index in [0.717, 1.165) is 22.4 Å². The Hall–Kier alpha value is -2.60. The molecule has 0 aliphatic rings. The number of hydrogen-bond acceptors (Lipinski definition) is 3. The van der Waals surface area contributed by atoms with E-state index in [-0.39, 0.29) is 4.90 Å². The lowest BCUT2D eigenvalue weighted by atomic mass is 10.1. The largest absolute Gasteiger partial charge is 0.276 e. The Balaban J connectivity index is 1.89. The van der Waals surface area contributed by atoms with Gasteiger partial charge in [0.1, 0.15) is 0 Å². The Morgan fingerprint density at radius 2 is 1.59 bits per heavy atom. The van der Waals surface area contributed by atoms with Gasteiger partial charge in [0.2, 0.25) is 0 Å². The SMILES string of the molecule is Cc1ccc(Cn2nc(C)c(NS(=O)(=O)c3ccc(C)c(C)c3)c2C)cc1. The van der Waals surface area contributed by atoms with Crippen molar-refractivity contribution in [2.75, 3.05) is 4.72 Å². The Labute approximate surface area is 161 Å². The lowest BCUT2D eigenvalue weighted by Gasteiger charge is -2.11. The van der Waals surface area contributed by atoms with E-state index in [1.54, 1.807) is 12.1 Å². The zero-order chi connectivity index (χ0) is 19.8. The Bertz CT molecular complexity index is 1080. The summed E-state index contributed by atoms with van der Waals surface area (Å²) in [6, 6.07) is 13.4. The number of aryl methyl sites for hydroxylation is 4. The van der Waals surface area contributed by atoms with Crippen LogP contribution in [0.2, 0.25) is 0 Å². The molecule has 5 nitrogen and oxygen atoms in total. The zero-order valence-corrected chi connectivity index (χ0v) is 17.2. The van der Waals surface area contributed by atoms with Crippen LogP contribution in [0.25, 0.3) is 0 Å². The summed E-state index contributed by atoms with van der Waals surface area (Å²) in [6.07, 6.45) is 0. The minimum Gasteiger partial charge on any atom is -0.276 e. The smallest absolute Gasteiger partial charge is 0.262 e. The highest BCUT2D eigenvalue weighted by Gasteiger charge is 2.20. The molecule has 3 rings (SSSR count). The molecule has 0 fully saturated rings. The van der Waals surface area contributed by atoms with E-state index in [2.05, 4.69) is 34.1 Å². The van der Waals surface area contributed by atoms with E-state index in [1.807, 2.05) is 45.4 Å². The fourth-order valence-corrected chi connectivity index (χ4v) is 4.20. The van der Waals surface area contributed by atoms with Gasteiger partial charge in [0.15, 0.2) is 0 Å². The van der Waals surface area contributed by atoms with Crippen LogP contribution in [0.15, 0.2) is 47.4 Å². The van der Waals surface area contributed by atoms with Crippen molar-refractivity contribution in [3.8, 4) is 0 Å². The molecular weight excluding hydrogens is 358 g/mol. The van der Waals surface area contributed by atoms with E-state index < -0.39 is 10.0 Å². The molecule has 1 heterocycles. The zero-order valence-electron chi connectivity index (χ0n) is 16.4. The Kier molecular flexibility index (Phi) is 5.11. The van der Waals surface area contributed by atoms with E-state index in [1.165, 1.54) is 5.56 Å². The van der Waals surface area contributed by atoms with E-state index >= 15 is 0 Å². The molecule has 0 amide bonds. The molecule has 142 valence electrons. The molecule has 0 unspecified atom stereocenters. The van der Waals surface area contributed by atoms with Crippen LogP contribution in [0, 0.1) is 34.6 Å². The van der Waals surface area contributed by atoms with Crippen LogP contribution in [-0.2, 0) is 16.6 Å². The van der Waals surface area contributed by atoms with Crippen molar-refractivity contribution in [1.29, 1.82) is 0 Å². The van der Waals surface area contributed by atoms with Crippen molar-refractivity contribution in [1.82, 2.24) is 9.78 Å². The molecule has 0 aliphatic carbocycles. The Morgan fingerprint density at radius 3 is 2.22 bits per heavy atom. The third kappa shape index (κ3) is 4.06. The maximum atomic E-state index is 12.8. The fourth-order valence-electron chi connectivity index (χ4n) is 2.94. The van der Waals surface area contributed by atoms with Crippen LogP contribution >= 0.6 is 0 Å². The quantitative estimate of drug-likeness (QED) is 0.715. The molecule has 1 N–H and O–H groups in total. The van der Waals surface area contributed by atoms with Crippen molar-refractivity contribution >= 4 is 15.7 Å². The maximum absolute atomic E-state index is 12.8. The molecule has 1 aromatic heterocycles. The highest BCUT2D eigenvalue weighted by molar-refractivity contribution is 7.92. The van der Waals surface area contributed by atoms with Crippen molar-refractivity contribution in [2.24, 2.45) is 0 Å². The van der Waals surface area contributed by atoms with Gasteiger partial charge < -0.3 is 0 Å². The first-order valence-corrected chi connectivity index (χ1v) is 10.4. The average molecular weight is 384 g/mol. The average Bonchev–Trinajstić information content (AvgIpc) is 2.86. The highest BCUT2D eigenvalue weighted by Crippen LogP contribution is 2.25. The third-order valence-corrected chi connectivity index (χ3v) is 6.21. The predicted octanol–water partition coefficient (Wildman–Crippen LogP) is 4.27. The minimum absolute atomic E-state index is 0.260. The minimum atomic E-state index is -3.67. The number of rotatable bonds is 5. The number of nitrogens with zero attached hydrogens (tertiary/aromatic N) is 2. The summed E-state index contributed by atoms with van der Waals surface area (Å²) in [7, 11) is -3.67. The summed E-state index contributed by atoms with van der Waals surface area (Å²) in [5.41, 5.74) is 6.32. The molecule has 0 saturated carbocycles. The van der Waals surface area contributed by atoms with E-state index in [4.69, 9.17) is 0 Å². The summed E-state index contributed by atoms with van der Waals surface area (Å²) in [5, 5.41) is 4.53. The number of aromatic nitrogens is 2.